The van der Waals surface area contributed by atoms with Gasteiger partial charge in [-0.3, -0.25) is 20.2 Å². The maximum atomic E-state index is 13.3. The molecule has 2 aromatic carbocycles. The van der Waals surface area contributed by atoms with Crippen molar-refractivity contribution in [3.63, 3.8) is 0 Å². The molecule has 0 heterocycles. The molecular formula is C21H28N4O6S. The molecule has 2 aromatic rings. The van der Waals surface area contributed by atoms with Gasteiger partial charge in [0.15, 0.2) is 0 Å². The molecule has 11 heteroatoms. The van der Waals surface area contributed by atoms with Crippen molar-refractivity contribution in [2.75, 3.05) is 5.43 Å². The van der Waals surface area contributed by atoms with Crippen molar-refractivity contribution < 1.29 is 18.3 Å². The third-order valence-electron chi connectivity index (χ3n) is 5.06. The van der Waals surface area contributed by atoms with Crippen molar-refractivity contribution in [3.05, 3.63) is 67.3 Å². The summed E-state index contributed by atoms with van der Waals surface area (Å²) in [6, 6.07) is 6.68. The molecule has 10 nitrogen and oxygen atoms in total. The first-order valence-electron chi connectivity index (χ1n) is 10.1. The van der Waals surface area contributed by atoms with Gasteiger partial charge < -0.3 is 5.43 Å². The lowest BCUT2D eigenvalue weighted by Crippen LogP contribution is -2.32. The molecule has 0 aliphatic heterocycles. The molecule has 0 radical (unpaired) electrons. The summed E-state index contributed by atoms with van der Waals surface area (Å²) in [5.41, 5.74) is 3.38. The van der Waals surface area contributed by atoms with Crippen molar-refractivity contribution in [3.8, 4) is 0 Å². The number of hydrogen-bond donors (Lipinski definition) is 2. The van der Waals surface area contributed by atoms with Crippen molar-refractivity contribution in [2.45, 2.75) is 64.2 Å². The smallest absolute Gasteiger partial charge is 0.300 e. The van der Waals surface area contributed by atoms with E-state index in [2.05, 4.69) is 10.3 Å². The van der Waals surface area contributed by atoms with Crippen LogP contribution in [0.2, 0.25) is 0 Å². The van der Waals surface area contributed by atoms with E-state index in [9.17, 15) is 28.6 Å². The molecule has 0 bridgehead atoms. The van der Waals surface area contributed by atoms with Gasteiger partial charge in [0.05, 0.1) is 20.8 Å². The Hall–Kier alpha value is -3.05. The van der Waals surface area contributed by atoms with Gasteiger partial charge >= 0.3 is 5.69 Å². The van der Waals surface area contributed by atoms with E-state index in [1.54, 1.807) is 0 Å². The van der Waals surface area contributed by atoms with Gasteiger partial charge in [-0.25, -0.2) is 8.42 Å². The number of sulfonamides is 1. The molecule has 0 saturated heterocycles. The second-order valence-corrected chi connectivity index (χ2v) is 10.1. The number of nitro groups is 2. The van der Waals surface area contributed by atoms with Crippen LogP contribution in [0.15, 0.2) is 35.2 Å². The average Bonchev–Trinajstić information content (AvgIpc) is 2.70. The highest BCUT2D eigenvalue weighted by atomic mass is 32.2. The molecule has 0 amide bonds. The zero-order chi connectivity index (χ0) is 24.4. The molecule has 0 aliphatic carbocycles. The molecule has 0 saturated carbocycles. The first-order chi connectivity index (χ1) is 14.8. The fourth-order valence-corrected chi connectivity index (χ4v) is 4.82. The first-order valence-corrected chi connectivity index (χ1v) is 11.6. The van der Waals surface area contributed by atoms with Crippen LogP contribution in [-0.2, 0) is 10.0 Å². The summed E-state index contributed by atoms with van der Waals surface area (Å²) in [5, 5.41) is 22.3. The molecular weight excluding hydrogens is 436 g/mol. The van der Waals surface area contributed by atoms with Crippen LogP contribution in [0.25, 0.3) is 0 Å². The summed E-state index contributed by atoms with van der Waals surface area (Å²) >= 11 is 0. The van der Waals surface area contributed by atoms with Gasteiger partial charge in [0.1, 0.15) is 5.69 Å². The molecule has 2 N–H and O–H groups in total. The number of hydrogen-bond acceptors (Lipinski definition) is 7. The predicted octanol–water partition coefficient (Wildman–Crippen LogP) is 5.18. The monoisotopic (exact) mass is 464 g/mol. The van der Waals surface area contributed by atoms with Crippen LogP contribution in [0.1, 0.15) is 76.0 Å². The lowest BCUT2D eigenvalue weighted by Gasteiger charge is -2.23. The van der Waals surface area contributed by atoms with Crippen molar-refractivity contribution in [2.24, 2.45) is 0 Å². The van der Waals surface area contributed by atoms with Gasteiger partial charge in [0.25, 0.3) is 15.7 Å². The molecule has 0 aromatic heterocycles. The van der Waals surface area contributed by atoms with Gasteiger partial charge in [0, 0.05) is 6.07 Å². The Balaban J connectivity index is 2.56. The van der Waals surface area contributed by atoms with E-state index >= 15 is 0 Å². The third-order valence-corrected chi connectivity index (χ3v) is 6.44. The van der Waals surface area contributed by atoms with Crippen LogP contribution < -0.4 is 10.3 Å². The van der Waals surface area contributed by atoms with E-state index in [0.29, 0.717) is 11.1 Å². The van der Waals surface area contributed by atoms with Gasteiger partial charge in [-0.2, -0.15) is 0 Å². The SMILES string of the molecule is CC(C)c1cc(C(C)C)c(S(=O)(=O)NNc2ccc([N+](=O)[O-])cc2[N+](=O)[O-])c(C(C)C)c1. The summed E-state index contributed by atoms with van der Waals surface area (Å²) < 4.78 is 26.7. The lowest BCUT2D eigenvalue weighted by molar-refractivity contribution is -0.393. The van der Waals surface area contributed by atoms with E-state index < -0.39 is 31.2 Å². The quantitative estimate of drug-likeness (QED) is 0.384. The minimum Gasteiger partial charge on any atom is -0.302 e. The Morgan fingerprint density at radius 2 is 1.34 bits per heavy atom. The van der Waals surface area contributed by atoms with E-state index in [-0.39, 0.29) is 28.3 Å². The van der Waals surface area contributed by atoms with Crippen LogP contribution in [0, 0.1) is 20.2 Å². The number of benzene rings is 2. The molecule has 0 aliphatic rings. The maximum absolute atomic E-state index is 13.3. The van der Waals surface area contributed by atoms with Crippen molar-refractivity contribution in [1.82, 2.24) is 4.83 Å². The number of nitrogens with one attached hydrogen (secondary N) is 2. The topological polar surface area (TPSA) is 144 Å². The third kappa shape index (κ3) is 5.40. The molecule has 174 valence electrons. The fourth-order valence-electron chi connectivity index (χ4n) is 3.26. The second kappa shape index (κ2) is 9.61. The number of anilines is 1. The number of nitrogens with zero attached hydrogens (tertiary/aromatic N) is 2. The Bertz CT molecular complexity index is 1110. The highest BCUT2D eigenvalue weighted by molar-refractivity contribution is 7.89. The Kier molecular flexibility index (Phi) is 7.58. The molecule has 32 heavy (non-hydrogen) atoms. The molecule has 0 spiro atoms. The second-order valence-electron chi connectivity index (χ2n) is 8.44. The standard InChI is InChI=1S/C21H28N4O6S/c1-12(2)15-9-17(13(3)4)21(18(10-15)14(5)6)32(30,31)23-22-19-8-7-16(24(26)27)11-20(19)25(28)29/h7-14,22-23H,1-6H3. The zero-order valence-corrected chi connectivity index (χ0v) is 19.7. The number of hydrazine groups is 1. The summed E-state index contributed by atoms with van der Waals surface area (Å²) in [6.45, 7) is 11.7. The van der Waals surface area contributed by atoms with Crippen LogP contribution in [-0.4, -0.2) is 18.3 Å². The molecule has 2 rings (SSSR count). The zero-order valence-electron chi connectivity index (χ0n) is 18.9. The first kappa shape index (κ1) is 25.2. The summed E-state index contributed by atoms with van der Waals surface area (Å²) in [7, 11) is -4.14. The lowest BCUT2D eigenvalue weighted by atomic mass is 9.89. The Morgan fingerprint density at radius 1 is 0.812 bits per heavy atom. The van der Waals surface area contributed by atoms with Crippen LogP contribution in [0.4, 0.5) is 17.1 Å². The van der Waals surface area contributed by atoms with Gasteiger partial charge in [-0.05, 0) is 40.5 Å². The molecule has 0 atom stereocenters. The average molecular weight is 465 g/mol. The number of non-ortho nitro benzene ring substituents is 1. The van der Waals surface area contributed by atoms with Gasteiger partial charge in [-0.15, -0.1) is 4.83 Å². The van der Waals surface area contributed by atoms with Crippen LogP contribution in [0.3, 0.4) is 0 Å². The highest BCUT2D eigenvalue weighted by Gasteiger charge is 2.28. The predicted molar refractivity (Wildman–Crippen MR) is 122 cm³/mol. The molecule has 0 fully saturated rings. The van der Waals surface area contributed by atoms with Crippen LogP contribution >= 0.6 is 0 Å². The minimum atomic E-state index is -4.14. The molecule has 0 unspecified atom stereocenters. The minimum absolute atomic E-state index is 0.0912. The van der Waals surface area contributed by atoms with Crippen LogP contribution in [0.5, 0.6) is 0 Å². The van der Waals surface area contributed by atoms with E-state index in [1.807, 2.05) is 53.7 Å². The number of nitro benzene ring substituents is 2. The number of rotatable bonds is 9. The normalized spacial score (nSPS) is 11.9. The van der Waals surface area contributed by atoms with Crippen molar-refractivity contribution in [1.29, 1.82) is 0 Å². The largest absolute Gasteiger partial charge is 0.302 e. The maximum Gasteiger partial charge on any atom is 0.300 e. The van der Waals surface area contributed by atoms with E-state index in [0.717, 1.165) is 23.8 Å². The Labute approximate surface area is 187 Å². The summed E-state index contributed by atoms with van der Waals surface area (Å²) in [6.07, 6.45) is 0. The van der Waals surface area contributed by atoms with Crippen molar-refractivity contribution >= 4 is 27.1 Å². The Morgan fingerprint density at radius 3 is 1.75 bits per heavy atom. The fraction of sp³-hybridized carbons (Fsp3) is 0.429. The van der Waals surface area contributed by atoms with E-state index in [1.165, 1.54) is 0 Å². The summed E-state index contributed by atoms with van der Waals surface area (Å²) in [4.78, 5) is 23.0. The van der Waals surface area contributed by atoms with E-state index in [4.69, 9.17) is 0 Å². The summed E-state index contributed by atoms with van der Waals surface area (Å²) in [5.74, 6) is 0.0218. The highest BCUT2D eigenvalue weighted by Crippen LogP contribution is 2.35. The van der Waals surface area contributed by atoms with Gasteiger partial charge in [0.2, 0.25) is 0 Å². The van der Waals surface area contributed by atoms with Gasteiger partial charge in [-0.1, -0.05) is 53.7 Å².